The molecule has 0 radical (unpaired) electrons. The molecule has 3 N–H and O–H groups in total. The Morgan fingerprint density at radius 3 is 2.70 bits per heavy atom. The van der Waals surface area contributed by atoms with Crippen molar-refractivity contribution in [2.24, 2.45) is 4.99 Å². The second-order valence-corrected chi connectivity index (χ2v) is 5.47. The molecular weight excluding hydrogens is 457 g/mol. The second kappa shape index (κ2) is 12.9. The first-order valence-corrected chi connectivity index (χ1v) is 8.57. The van der Waals surface area contributed by atoms with Crippen LogP contribution in [-0.4, -0.2) is 43.6 Å². The summed E-state index contributed by atoms with van der Waals surface area (Å²) in [5.74, 6) is 1.27. The summed E-state index contributed by atoms with van der Waals surface area (Å²) in [5, 5.41) is 9.12. The summed E-state index contributed by atoms with van der Waals surface area (Å²) < 4.78 is 5.35. The van der Waals surface area contributed by atoms with E-state index in [1.165, 1.54) is 0 Å². The molecule has 0 fully saturated rings. The fourth-order valence-corrected chi connectivity index (χ4v) is 2.35. The van der Waals surface area contributed by atoms with Crippen molar-refractivity contribution in [1.82, 2.24) is 15.6 Å². The zero-order valence-electron chi connectivity index (χ0n) is 15.6. The topological polar surface area (TPSA) is 87.6 Å². The van der Waals surface area contributed by atoms with E-state index in [-0.39, 0.29) is 36.4 Å². The smallest absolute Gasteiger partial charge is 0.246 e. The Morgan fingerprint density at radius 2 is 2.00 bits per heavy atom. The molecule has 0 bridgehead atoms. The van der Waals surface area contributed by atoms with Crippen molar-refractivity contribution < 1.29 is 9.53 Å². The lowest BCUT2D eigenvalue weighted by Crippen LogP contribution is -2.39. The SMILES string of the molecule is CCNC(=NCC(=O)Nc1cccnc1)NCCc1ccccc1OC.I. The summed E-state index contributed by atoms with van der Waals surface area (Å²) in [4.78, 5) is 20.3. The van der Waals surface area contributed by atoms with Crippen LogP contribution in [0.5, 0.6) is 5.75 Å². The van der Waals surface area contributed by atoms with Crippen LogP contribution in [0, 0.1) is 0 Å². The zero-order valence-corrected chi connectivity index (χ0v) is 17.9. The van der Waals surface area contributed by atoms with Gasteiger partial charge in [-0.15, -0.1) is 24.0 Å². The van der Waals surface area contributed by atoms with E-state index >= 15 is 0 Å². The maximum absolute atomic E-state index is 12.0. The monoisotopic (exact) mass is 483 g/mol. The molecule has 0 aliphatic carbocycles. The van der Waals surface area contributed by atoms with E-state index in [1.807, 2.05) is 31.2 Å². The Kier molecular flexibility index (Phi) is 10.8. The highest BCUT2D eigenvalue weighted by molar-refractivity contribution is 14.0. The van der Waals surface area contributed by atoms with Gasteiger partial charge in [-0.05, 0) is 37.1 Å². The number of hydrogen-bond acceptors (Lipinski definition) is 4. The van der Waals surface area contributed by atoms with Crippen molar-refractivity contribution in [2.45, 2.75) is 13.3 Å². The molecule has 0 aliphatic rings. The number of nitrogens with one attached hydrogen (secondary N) is 3. The molecule has 1 amide bonds. The molecule has 8 heteroatoms. The third kappa shape index (κ3) is 8.25. The predicted molar refractivity (Wildman–Crippen MR) is 119 cm³/mol. The maximum atomic E-state index is 12.0. The molecule has 27 heavy (non-hydrogen) atoms. The van der Waals surface area contributed by atoms with Crippen LogP contribution in [0.3, 0.4) is 0 Å². The van der Waals surface area contributed by atoms with Crippen LogP contribution < -0.4 is 20.7 Å². The Balaban J connectivity index is 0.00000364. The van der Waals surface area contributed by atoms with Gasteiger partial charge in [0.1, 0.15) is 12.3 Å². The Morgan fingerprint density at radius 1 is 1.19 bits per heavy atom. The minimum absolute atomic E-state index is 0. The molecule has 1 heterocycles. The molecule has 7 nitrogen and oxygen atoms in total. The lowest BCUT2D eigenvalue weighted by atomic mass is 10.1. The molecule has 0 unspecified atom stereocenters. The van der Waals surface area contributed by atoms with Crippen molar-refractivity contribution in [3.05, 3.63) is 54.4 Å². The normalized spacial score (nSPS) is 10.5. The number of rotatable bonds is 8. The number of amides is 1. The van der Waals surface area contributed by atoms with Crippen LogP contribution in [-0.2, 0) is 11.2 Å². The van der Waals surface area contributed by atoms with Crippen LogP contribution in [0.2, 0.25) is 0 Å². The molecule has 0 atom stereocenters. The van der Waals surface area contributed by atoms with Crippen LogP contribution in [0.25, 0.3) is 0 Å². The number of hydrogen-bond donors (Lipinski definition) is 3. The molecule has 1 aromatic carbocycles. The van der Waals surface area contributed by atoms with E-state index < -0.39 is 0 Å². The highest BCUT2D eigenvalue weighted by atomic mass is 127. The number of para-hydroxylation sites is 1. The number of carbonyl (C=O) groups is 1. The van der Waals surface area contributed by atoms with Gasteiger partial charge >= 0.3 is 0 Å². The summed E-state index contributed by atoms with van der Waals surface area (Å²) in [7, 11) is 1.67. The van der Waals surface area contributed by atoms with Crippen molar-refractivity contribution in [3.63, 3.8) is 0 Å². The highest BCUT2D eigenvalue weighted by Crippen LogP contribution is 2.17. The number of pyridine rings is 1. The van der Waals surface area contributed by atoms with Gasteiger partial charge in [-0.1, -0.05) is 18.2 Å². The van der Waals surface area contributed by atoms with E-state index in [0.29, 0.717) is 24.7 Å². The first-order chi connectivity index (χ1) is 12.7. The van der Waals surface area contributed by atoms with Crippen LogP contribution in [0.1, 0.15) is 12.5 Å². The van der Waals surface area contributed by atoms with E-state index in [2.05, 4.69) is 25.9 Å². The highest BCUT2D eigenvalue weighted by Gasteiger charge is 2.05. The molecule has 2 aromatic rings. The van der Waals surface area contributed by atoms with Gasteiger partial charge in [0.2, 0.25) is 5.91 Å². The summed E-state index contributed by atoms with van der Waals surface area (Å²) in [6.45, 7) is 3.40. The Labute approximate surface area is 177 Å². The standard InChI is InChI=1S/C19H25N5O2.HI/c1-3-21-19(22-12-10-15-7-4-5-9-17(15)26-2)23-14-18(25)24-16-8-6-11-20-13-16;/h4-9,11,13H,3,10,12,14H2,1-2H3,(H,24,25)(H2,21,22,23);1H. The lowest BCUT2D eigenvalue weighted by Gasteiger charge is -2.12. The molecular formula is C19H26IN5O2. The van der Waals surface area contributed by atoms with Gasteiger partial charge in [-0.25, -0.2) is 4.99 Å². The number of methoxy groups -OCH3 is 1. The summed E-state index contributed by atoms with van der Waals surface area (Å²) in [6, 6.07) is 11.5. The number of nitrogens with zero attached hydrogens (tertiary/aromatic N) is 2. The average molecular weight is 483 g/mol. The third-order valence-electron chi connectivity index (χ3n) is 3.55. The van der Waals surface area contributed by atoms with Crippen molar-refractivity contribution in [1.29, 1.82) is 0 Å². The van der Waals surface area contributed by atoms with Gasteiger partial charge in [-0.2, -0.15) is 0 Å². The number of halogens is 1. The van der Waals surface area contributed by atoms with Gasteiger partial charge in [0.25, 0.3) is 0 Å². The van der Waals surface area contributed by atoms with E-state index in [0.717, 1.165) is 17.7 Å². The van der Waals surface area contributed by atoms with Crippen LogP contribution >= 0.6 is 24.0 Å². The fourth-order valence-electron chi connectivity index (χ4n) is 2.35. The third-order valence-corrected chi connectivity index (χ3v) is 3.55. The average Bonchev–Trinajstić information content (AvgIpc) is 2.67. The molecule has 146 valence electrons. The van der Waals surface area contributed by atoms with Crippen LogP contribution in [0.15, 0.2) is 53.8 Å². The minimum atomic E-state index is -0.195. The first kappa shape index (κ1) is 22.7. The summed E-state index contributed by atoms with van der Waals surface area (Å²) in [5.41, 5.74) is 1.77. The number of aromatic nitrogens is 1. The number of guanidine groups is 1. The molecule has 2 rings (SSSR count). The predicted octanol–water partition coefficient (Wildman–Crippen LogP) is 2.44. The second-order valence-electron chi connectivity index (χ2n) is 5.47. The molecule has 1 aromatic heterocycles. The fraction of sp³-hybridized carbons (Fsp3) is 0.316. The number of anilines is 1. The molecule has 0 aliphatic heterocycles. The molecule has 0 saturated heterocycles. The van der Waals surface area contributed by atoms with Crippen molar-refractivity contribution >= 4 is 41.5 Å². The van der Waals surface area contributed by atoms with Gasteiger partial charge in [-0.3, -0.25) is 9.78 Å². The quantitative estimate of drug-likeness (QED) is 0.305. The van der Waals surface area contributed by atoms with E-state index in [4.69, 9.17) is 4.74 Å². The number of carbonyl (C=O) groups excluding carboxylic acids is 1. The van der Waals surface area contributed by atoms with E-state index in [1.54, 1.807) is 31.6 Å². The summed E-state index contributed by atoms with van der Waals surface area (Å²) >= 11 is 0. The number of benzene rings is 1. The first-order valence-electron chi connectivity index (χ1n) is 8.57. The van der Waals surface area contributed by atoms with Gasteiger partial charge in [0.15, 0.2) is 5.96 Å². The number of aliphatic imine (C=N–C) groups is 1. The van der Waals surface area contributed by atoms with Crippen molar-refractivity contribution in [3.8, 4) is 5.75 Å². The van der Waals surface area contributed by atoms with Crippen LogP contribution in [0.4, 0.5) is 5.69 Å². The summed E-state index contributed by atoms with van der Waals surface area (Å²) in [6.07, 6.45) is 4.04. The van der Waals surface area contributed by atoms with Crippen molar-refractivity contribution in [2.75, 3.05) is 32.1 Å². The zero-order chi connectivity index (χ0) is 18.6. The Hall–Kier alpha value is -2.36. The van der Waals surface area contributed by atoms with Gasteiger partial charge < -0.3 is 20.7 Å². The van der Waals surface area contributed by atoms with Gasteiger partial charge in [0, 0.05) is 19.3 Å². The number of ether oxygens (including phenoxy) is 1. The van der Waals surface area contributed by atoms with E-state index in [9.17, 15) is 4.79 Å². The molecule has 0 saturated carbocycles. The molecule has 0 spiro atoms. The minimum Gasteiger partial charge on any atom is -0.496 e. The lowest BCUT2D eigenvalue weighted by molar-refractivity contribution is -0.114. The Bertz CT molecular complexity index is 725. The maximum Gasteiger partial charge on any atom is 0.246 e. The van der Waals surface area contributed by atoms with Gasteiger partial charge in [0.05, 0.1) is 19.0 Å². The largest absolute Gasteiger partial charge is 0.496 e.